The fourth-order valence-corrected chi connectivity index (χ4v) is 3.41. The summed E-state index contributed by atoms with van der Waals surface area (Å²) in [6, 6.07) is 17.3. The first-order valence-electron chi connectivity index (χ1n) is 10.1. The Hall–Kier alpha value is -3.12. The maximum Gasteiger partial charge on any atom is 0.375 e. The number of nitrogens with one attached hydrogen (secondary N) is 1. The molecule has 1 amide bonds. The minimum Gasteiger partial charge on any atom is -0.449 e. The van der Waals surface area contributed by atoms with E-state index in [9.17, 15) is 9.59 Å². The molecule has 0 saturated carbocycles. The van der Waals surface area contributed by atoms with Gasteiger partial charge in [0.1, 0.15) is 5.58 Å². The molecule has 2 atom stereocenters. The number of hydrogen-bond acceptors (Lipinski definition) is 5. The molecule has 0 unspecified atom stereocenters. The SMILES string of the molecule is CC[C@H](CNC(=O)[C@@H](C)OC(=O)c1oc2ccccc2c1COC)c1ccccc1. The van der Waals surface area contributed by atoms with Gasteiger partial charge in [-0.2, -0.15) is 0 Å². The summed E-state index contributed by atoms with van der Waals surface area (Å²) in [7, 11) is 1.55. The highest BCUT2D eigenvalue weighted by atomic mass is 16.6. The summed E-state index contributed by atoms with van der Waals surface area (Å²) in [5, 5.41) is 3.67. The summed E-state index contributed by atoms with van der Waals surface area (Å²) < 4.78 is 16.3. The van der Waals surface area contributed by atoms with Crippen LogP contribution in [-0.4, -0.2) is 31.6 Å². The van der Waals surface area contributed by atoms with Crippen molar-refractivity contribution >= 4 is 22.8 Å². The number of amides is 1. The Morgan fingerprint density at radius 2 is 1.77 bits per heavy atom. The topological polar surface area (TPSA) is 77.8 Å². The molecule has 0 aliphatic carbocycles. The van der Waals surface area contributed by atoms with Gasteiger partial charge in [-0.15, -0.1) is 0 Å². The monoisotopic (exact) mass is 409 g/mol. The van der Waals surface area contributed by atoms with Crippen molar-refractivity contribution in [1.29, 1.82) is 0 Å². The van der Waals surface area contributed by atoms with Crippen LogP contribution < -0.4 is 5.32 Å². The van der Waals surface area contributed by atoms with Crippen LogP contribution in [-0.2, 0) is 20.9 Å². The molecule has 6 heteroatoms. The lowest BCUT2D eigenvalue weighted by Gasteiger charge is -2.18. The standard InChI is InChI=1S/C24H27NO5/c1-4-17(18-10-6-5-7-11-18)14-25-23(26)16(2)29-24(27)22-20(15-28-3)19-12-8-9-13-21(19)30-22/h5-13,16-17H,4,14-15H2,1-3H3,(H,25,26)/t16-,17-/m1/s1. The lowest BCUT2D eigenvalue weighted by atomic mass is 9.96. The van der Waals surface area contributed by atoms with Gasteiger partial charge in [-0.25, -0.2) is 4.79 Å². The molecule has 2 aromatic carbocycles. The fraction of sp³-hybridized carbons (Fsp3) is 0.333. The molecule has 6 nitrogen and oxygen atoms in total. The van der Waals surface area contributed by atoms with E-state index in [1.165, 1.54) is 0 Å². The van der Waals surface area contributed by atoms with E-state index in [0.29, 0.717) is 17.7 Å². The third-order valence-corrected chi connectivity index (χ3v) is 5.11. The number of methoxy groups -OCH3 is 1. The van der Waals surface area contributed by atoms with E-state index in [0.717, 1.165) is 17.4 Å². The average Bonchev–Trinajstić information content (AvgIpc) is 3.14. The quantitative estimate of drug-likeness (QED) is 0.529. The highest BCUT2D eigenvalue weighted by Crippen LogP contribution is 2.27. The molecule has 0 saturated heterocycles. The molecule has 3 aromatic rings. The number of furan rings is 1. The van der Waals surface area contributed by atoms with Crippen molar-refractivity contribution in [2.75, 3.05) is 13.7 Å². The molecular weight excluding hydrogens is 382 g/mol. The van der Waals surface area contributed by atoms with Crippen molar-refractivity contribution < 1.29 is 23.5 Å². The molecule has 0 aliphatic heterocycles. The highest BCUT2D eigenvalue weighted by molar-refractivity contribution is 5.97. The zero-order valence-electron chi connectivity index (χ0n) is 17.5. The van der Waals surface area contributed by atoms with Gasteiger partial charge in [0, 0.05) is 30.5 Å². The third-order valence-electron chi connectivity index (χ3n) is 5.11. The van der Waals surface area contributed by atoms with Crippen molar-refractivity contribution in [2.24, 2.45) is 0 Å². The Labute approximate surface area is 176 Å². The second-order valence-corrected chi connectivity index (χ2v) is 7.15. The highest BCUT2D eigenvalue weighted by Gasteiger charge is 2.26. The Morgan fingerprint density at radius 1 is 1.07 bits per heavy atom. The lowest BCUT2D eigenvalue weighted by molar-refractivity contribution is -0.129. The van der Waals surface area contributed by atoms with E-state index < -0.39 is 12.1 Å². The van der Waals surface area contributed by atoms with Crippen LogP contribution in [0.5, 0.6) is 0 Å². The van der Waals surface area contributed by atoms with E-state index in [4.69, 9.17) is 13.9 Å². The Kier molecular flexibility index (Phi) is 7.25. The second-order valence-electron chi connectivity index (χ2n) is 7.15. The molecule has 0 spiro atoms. The number of fused-ring (bicyclic) bond motifs is 1. The molecule has 30 heavy (non-hydrogen) atoms. The predicted octanol–water partition coefficient (Wildman–Crippen LogP) is 4.43. The Bertz CT molecular complexity index is 995. The molecular formula is C24H27NO5. The van der Waals surface area contributed by atoms with Crippen LogP contribution in [0.1, 0.15) is 47.9 Å². The van der Waals surface area contributed by atoms with Gasteiger partial charge in [-0.3, -0.25) is 4.79 Å². The van der Waals surface area contributed by atoms with E-state index in [-0.39, 0.29) is 24.2 Å². The van der Waals surface area contributed by atoms with Gasteiger partial charge in [0.25, 0.3) is 5.91 Å². The zero-order chi connectivity index (χ0) is 21.5. The maximum absolute atomic E-state index is 12.7. The summed E-state index contributed by atoms with van der Waals surface area (Å²) in [4.78, 5) is 25.2. The summed E-state index contributed by atoms with van der Waals surface area (Å²) >= 11 is 0. The van der Waals surface area contributed by atoms with E-state index in [1.54, 1.807) is 20.1 Å². The van der Waals surface area contributed by atoms with Crippen LogP contribution >= 0.6 is 0 Å². The van der Waals surface area contributed by atoms with Gasteiger partial charge in [0.2, 0.25) is 5.76 Å². The normalized spacial score (nSPS) is 13.0. The largest absolute Gasteiger partial charge is 0.449 e. The minimum absolute atomic E-state index is 0.0634. The van der Waals surface area contributed by atoms with Crippen LogP contribution in [0.4, 0.5) is 0 Å². The Balaban J connectivity index is 1.64. The fourth-order valence-electron chi connectivity index (χ4n) is 3.41. The van der Waals surface area contributed by atoms with E-state index in [1.807, 2.05) is 48.5 Å². The number of carbonyl (C=O) groups is 2. The molecule has 1 N–H and O–H groups in total. The number of ether oxygens (including phenoxy) is 2. The van der Waals surface area contributed by atoms with Crippen molar-refractivity contribution in [1.82, 2.24) is 5.32 Å². The van der Waals surface area contributed by atoms with Crippen LogP contribution in [0.15, 0.2) is 59.0 Å². The first-order chi connectivity index (χ1) is 14.5. The maximum atomic E-state index is 12.7. The number of rotatable bonds is 9. The van der Waals surface area contributed by atoms with Crippen molar-refractivity contribution in [3.8, 4) is 0 Å². The molecule has 3 rings (SSSR count). The number of hydrogen-bond donors (Lipinski definition) is 1. The first kappa shape index (κ1) is 21.6. The van der Waals surface area contributed by atoms with Crippen molar-refractivity contribution in [2.45, 2.75) is 38.9 Å². The van der Waals surface area contributed by atoms with Gasteiger partial charge in [-0.05, 0) is 25.0 Å². The average molecular weight is 409 g/mol. The minimum atomic E-state index is -0.950. The van der Waals surface area contributed by atoms with Crippen LogP contribution in [0, 0.1) is 0 Å². The number of benzene rings is 2. The van der Waals surface area contributed by atoms with Gasteiger partial charge in [-0.1, -0.05) is 55.5 Å². The lowest BCUT2D eigenvalue weighted by Crippen LogP contribution is -2.38. The van der Waals surface area contributed by atoms with Gasteiger partial charge >= 0.3 is 5.97 Å². The summed E-state index contributed by atoms with van der Waals surface area (Å²) in [5.74, 6) is -0.770. The number of esters is 1. The number of carbonyl (C=O) groups excluding carboxylic acids is 2. The van der Waals surface area contributed by atoms with Crippen molar-refractivity contribution in [3.05, 3.63) is 71.5 Å². The molecule has 158 valence electrons. The Morgan fingerprint density at radius 3 is 2.47 bits per heavy atom. The van der Waals surface area contributed by atoms with Crippen LogP contribution in [0.25, 0.3) is 11.0 Å². The van der Waals surface area contributed by atoms with Gasteiger partial charge in [0.05, 0.1) is 6.61 Å². The molecule has 0 fully saturated rings. The van der Waals surface area contributed by atoms with E-state index >= 15 is 0 Å². The van der Waals surface area contributed by atoms with Crippen LogP contribution in [0.2, 0.25) is 0 Å². The first-order valence-corrected chi connectivity index (χ1v) is 10.1. The number of para-hydroxylation sites is 1. The molecule has 0 aliphatic rings. The summed E-state index contributed by atoms with van der Waals surface area (Å²) in [6.07, 6.45) is -0.0629. The predicted molar refractivity (Wildman–Crippen MR) is 114 cm³/mol. The third kappa shape index (κ3) is 4.89. The van der Waals surface area contributed by atoms with Crippen molar-refractivity contribution in [3.63, 3.8) is 0 Å². The zero-order valence-corrected chi connectivity index (χ0v) is 17.5. The summed E-state index contributed by atoms with van der Waals surface area (Å²) in [5.41, 5.74) is 2.35. The van der Waals surface area contributed by atoms with Gasteiger partial charge in [0.15, 0.2) is 6.10 Å². The molecule has 1 heterocycles. The molecule has 0 bridgehead atoms. The smallest absolute Gasteiger partial charge is 0.375 e. The van der Waals surface area contributed by atoms with Crippen LogP contribution in [0.3, 0.4) is 0 Å². The molecule has 0 radical (unpaired) electrons. The second kappa shape index (κ2) is 10.1. The molecule has 1 aromatic heterocycles. The van der Waals surface area contributed by atoms with Gasteiger partial charge < -0.3 is 19.2 Å². The van der Waals surface area contributed by atoms with E-state index in [2.05, 4.69) is 12.2 Å². The summed E-state index contributed by atoms with van der Waals surface area (Å²) in [6.45, 7) is 4.31.